The van der Waals surface area contributed by atoms with Gasteiger partial charge >= 0.3 is 0 Å². The molecule has 0 spiro atoms. The number of hydrogen-bond donors (Lipinski definition) is 1. The van der Waals surface area contributed by atoms with Gasteiger partial charge in [-0.25, -0.2) is 12.8 Å². The molecule has 1 atom stereocenters. The third-order valence-corrected chi connectivity index (χ3v) is 6.37. The van der Waals surface area contributed by atoms with Gasteiger partial charge < -0.3 is 10.2 Å². The van der Waals surface area contributed by atoms with Gasteiger partial charge in [-0.05, 0) is 36.6 Å². The molecule has 0 radical (unpaired) electrons. The number of rotatable bonds is 6. The number of carbonyl (C=O) groups excluding carboxylic acids is 1. The van der Waals surface area contributed by atoms with E-state index in [1.807, 2.05) is 0 Å². The zero-order valence-electron chi connectivity index (χ0n) is 14.9. The summed E-state index contributed by atoms with van der Waals surface area (Å²) in [6.45, 7) is 0.475. The molecule has 144 valence electrons. The Bertz CT molecular complexity index is 918. The van der Waals surface area contributed by atoms with Crippen LogP contribution >= 0.6 is 0 Å². The van der Waals surface area contributed by atoms with Gasteiger partial charge in [-0.1, -0.05) is 18.2 Å². The Labute approximate surface area is 157 Å². The first-order valence-corrected chi connectivity index (χ1v) is 10.5. The van der Waals surface area contributed by atoms with Crippen LogP contribution in [0.5, 0.6) is 0 Å². The largest absolute Gasteiger partial charge is 0.368 e. The molecule has 27 heavy (non-hydrogen) atoms. The van der Waals surface area contributed by atoms with E-state index >= 15 is 0 Å². The topological polar surface area (TPSA) is 92.3 Å². The van der Waals surface area contributed by atoms with Crippen molar-refractivity contribution in [2.45, 2.75) is 18.9 Å². The maximum Gasteiger partial charge on any atom is 0.274 e. The standard InChI is InChI=1S/C18H21FN4O3S/c1-23(14-9-11-27(25,26)12-14)18(24)16-6-7-17(22-21-16)20-10-8-13-4-2-3-5-15(13)19/h2-7,14H,8-12H2,1H3,(H,20,22). The number of halogens is 1. The summed E-state index contributed by atoms with van der Waals surface area (Å²) < 4.78 is 36.7. The normalized spacial score (nSPS) is 18.2. The number of nitrogens with zero attached hydrogens (tertiary/aromatic N) is 3. The van der Waals surface area contributed by atoms with Crippen LogP contribution < -0.4 is 5.32 Å². The summed E-state index contributed by atoms with van der Waals surface area (Å²) in [5, 5.41) is 10.9. The van der Waals surface area contributed by atoms with E-state index in [4.69, 9.17) is 0 Å². The molecule has 1 amide bonds. The van der Waals surface area contributed by atoms with Gasteiger partial charge in [-0.15, -0.1) is 10.2 Å². The highest BCUT2D eigenvalue weighted by atomic mass is 32.2. The molecule has 0 bridgehead atoms. The lowest BCUT2D eigenvalue weighted by Crippen LogP contribution is -2.38. The van der Waals surface area contributed by atoms with Crippen LogP contribution in [0.4, 0.5) is 10.2 Å². The second-order valence-electron chi connectivity index (χ2n) is 6.54. The third kappa shape index (κ3) is 4.79. The number of sulfone groups is 1. The zero-order valence-corrected chi connectivity index (χ0v) is 15.7. The molecule has 1 aliphatic heterocycles. The number of hydrogen-bond acceptors (Lipinski definition) is 6. The lowest BCUT2D eigenvalue weighted by molar-refractivity contribution is 0.0740. The van der Waals surface area contributed by atoms with Gasteiger partial charge in [0.1, 0.15) is 11.6 Å². The lowest BCUT2D eigenvalue weighted by atomic mass is 10.1. The van der Waals surface area contributed by atoms with Crippen molar-refractivity contribution >= 4 is 21.6 Å². The first-order chi connectivity index (χ1) is 12.9. The van der Waals surface area contributed by atoms with Crippen molar-refractivity contribution in [2.24, 2.45) is 0 Å². The second kappa shape index (κ2) is 7.99. The summed E-state index contributed by atoms with van der Waals surface area (Å²) in [5.74, 6) is -0.0377. The van der Waals surface area contributed by atoms with E-state index in [1.165, 1.54) is 11.0 Å². The minimum absolute atomic E-state index is 0.0155. The maximum absolute atomic E-state index is 13.6. The average molecular weight is 392 g/mol. The van der Waals surface area contributed by atoms with Crippen molar-refractivity contribution in [3.8, 4) is 0 Å². The molecule has 3 rings (SSSR count). The Morgan fingerprint density at radius 1 is 1.26 bits per heavy atom. The molecule has 1 fully saturated rings. The molecule has 1 aliphatic rings. The van der Waals surface area contributed by atoms with Gasteiger partial charge in [0.15, 0.2) is 15.5 Å². The van der Waals surface area contributed by atoms with Crippen molar-refractivity contribution in [1.29, 1.82) is 0 Å². The Morgan fingerprint density at radius 3 is 2.67 bits per heavy atom. The highest BCUT2D eigenvalue weighted by molar-refractivity contribution is 7.91. The molecule has 1 N–H and O–H groups in total. The molecule has 7 nitrogen and oxygen atoms in total. The Hall–Kier alpha value is -2.55. The number of nitrogens with one attached hydrogen (secondary N) is 1. The van der Waals surface area contributed by atoms with E-state index in [0.29, 0.717) is 30.8 Å². The van der Waals surface area contributed by atoms with E-state index < -0.39 is 9.84 Å². The van der Waals surface area contributed by atoms with Crippen LogP contribution in [0.1, 0.15) is 22.5 Å². The molecule has 1 aromatic carbocycles. The molecule has 9 heteroatoms. The van der Waals surface area contributed by atoms with Crippen LogP contribution in [-0.2, 0) is 16.3 Å². The summed E-state index contributed by atoms with van der Waals surface area (Å²) in [5.41, 5.74) is 0.763. The highest BCUT2D eigenvalue weighted by Gasteiger charge is 2.33. The van der Waals surface area contributed by atoms with Crippen LogP contribution in [0.15, 0.2) is 36.4 Å². The van der Waals surface area contributed by atoms with Gasteiger partial charge in [-0.3, -0.25) is 4.79 Å². The van der Waals surface area contributed by atoms with E-state index in [-0.39, 0.29) is 35.0 Å². The maximum atomic E-state index is 13.6. The smallest absolute Gasteiger partial charge is 0.274 e. The Balaban J connectivity index is 1.55. The number of amides is 1. The van der Waals surface area contributed by atoms with Crippen LogP contribution in [0.2, 0.25) is 0 Å². The SMILES string of the molecule is CN(C(=O)c1ccc(NCCc2ccccc2F)nn1)C1CCS(=O)(=O)C1. The minimum Gasteiger partial charge on any atom is -0.368 e. The summed E-state index contributed by atoms with van der Waals surface area (Å²) >= 11 is 0. The molecule has 1 unspecified atom stereocenters. The van der Waals surface area contributed by atoms with Crippen LogP contribution in [0.25, 0.3) is 0 Å². The van der Waals surface area contributed by atoms with E-state index in [9.17, 15) is 17.6 Å². The fourth-order valence-electron chi connectivity index (χ4n) is 2.99. The van der Waals surface area contributed by atoms with Crippen molar-refractivity contribution in [3.63, 3.8) is 0 Å². The summed E-state index contributed by atoms with van der Waals surface area (Å²) in [7, 11) is -1.49. The number of benzene rings is 1. The van der Waals surface area contributed by atoms with Crippen molar-refractivity contribution in [3.05, 3.63) is 53.5 Å². The second-order valence-corrected chi connectivity index (χ2v) is 8.77. The molecule has 0 saturated carbocycles. The summed E-state index contributed by atoms with van der Waals surface area (Å²) in [6.07, 6.45) is 0.932. The molecule has 0 aliphatic carbocycles. The van der Waals surface area contributed by atoms with E-state index in [1.54, 1.807) is 37.4 Å². The predicted molar refractivity (Wildman–Crippen MR) is 99.8 cm³/mol. The highest BCUT2D eigenvalue weighted by Crippen LogP contribution is 2.18. The Morgan fingerprint density at radius 2 is 2.04 bits per heavy atom. The fraction of sp³-hybridized carbons (Fsp3) is 0.389. The fourth-order valence-corrected chi connectivity index (χ4v) is 4.77. The molecule has 1 saturated heterocycles. The van der Waals surface area contributed by atoms with Crippen molar-refractivity contribution in [2.75, 3.05) is 30.4 Å². The molecule has 1 aromatic heterocycles. The quantitative estimate of drug-likeness (QED) is 0.802. The first-order valence-electron chi connectivity index (χ1n) is 8.64. The van der Waals surface area contributed by atoms with Gasteiger partial charge in [0, 0.05) is 19.6 Å². The summed E-state index contributed by atoms with van der Waals surface area (Å²) in [4.78, 5) is 13.9. The van der Waals surface area contributed by atoms with Gasteiger partial charge in [-0.2, -0.15) is 0 Å². The van der Waals surface area contributed by atoms with Crippen molar-refractivity contribution < 1.29 is 17.6 Å². The molecular weight excluding hydrogens is 371 g/mol. The first kappa shape index (κ1) is 19.2. The molecule has 2 aromatic rings. The monoisotopic (exact) mass is 392 g/mol. The number of anilines is 1. The predicted octanol–water partition coefficient (Wildman–Crippen LogP) is 1.53. The van der Waals surface area contributed by atoms with Crippen LogP contribution in [-0.4, -0.2) is 60.6 Å². The Kier molecular flexibility index (Phi) is 5.69. The van der Waals surface area contributed by atoms with Gasteiger partial charge in [0.25, 0.3) is 5.91 Å². The lowest BCUT2D eigenvalue weighted by Gasteiger charge is -2.22. The molecule has 2 heterocycles. The van der Waals surface area contributed by atoms with Gasteiger partial charge in [0.2, 0.25) is 0 Å². The third-order valence-electron chi connectivity index (χ3n) is 4.62. The number of carbonyl (C=O) groups is 1. The van der Waals surface area contributed by atoms with Crippen LogP contribution in [0, 0.1) is 5.82 Å². The average Bonchev–Trinajstić information content (AvgIpc) is 3.02. The zero-order chi connectivity index (χ0) is 19.4. The van der Waals surface area contributed by atoms with Crippen LogP contribution in [0.3, 0.4) is 0 Å². The number of aromatic nitrogens is 2. The van der Waals surface area contributed by atoms with Crippen molar-refractivity contribution in [1.82, 2.24) is 15.1 Å². The van der Waals surface area contributed by atoms with Gasteiger partial charge in [0.05, 0.1) is 11.5 Å². The molecular formula is C18H21FN4O3S. The minimum atomic E-state index is -3.07. The van der Waals surface area contributed by atoms with E-state index in [0.717, 1.165) is 0 Å². The van der Waals surface area contributed by atoms with E-state index in [2.05, 4.69) is 15.5 Å². The summed E-state index contributed by atoms with van der Waals surface area (Å²) in [6, 6.07) is 9.41.